The summed E-state index contributed by atoms with van der Waals surface area (Å²) < 4.78 is 40.2. The van der Waals surface area contributed by atoms with E-state index in [-0.39, 0.29) is 22.0 Å². The standard InChI is InChI=1S/C20H19F3N6O/c1-11-14(10-29(26-11)20(21,22)23)19(30)25-15-5-7-28-18(15)9-17(27-28)13-4-6-24-16(8-13)12-2-3-12/h4,6,8-10,12,15H,2-3,5,7H2,1H3,(H,25,30)/t15-/m1/s1. The zero-order valence-electron chi connectivity index (χ0n) is 16.1. The predicted octanol–water partition coefficient (Wildman–Crippen LogP) is 3.68. The van der Waals surface area contributed by atoms with E-state index in [1.807, 2.05) is 16.8 Å². The highest BCUT2D eigenvalue weighted by Gasteiger charge is 2.34. The molecule has 1 amide bonds. The molecular weight excluding hydrogens is 397 g/mol. The van der Waals surface area contributed by atoms with Gasteiger partial charge in [0.2, 0.25) is 0 Å². The summed E-state index contributed by atoms with van der Waals surface area (Å²) >= 11 is 0. The Kier molecular flexibility index (Phi) is 4.19. The molecule has 4 heterocycles. The van der Waals surface area contributed by atoms with Crippen LogP contribution in [-0.2, 0) is 12.8 Å². The quantitative estimate of drug-likeness (QED) is 0.704. The van der Waals surface area contributed by atoms with Crippen LogP contribution in [0.15, 0.2) is 30.6 Å². The van der Waals surface area contributed by atoms with Gasteiger partial charge in [0, 0.05) is 36.1 Å². The minimum atomic E-state index is -4.66. The van der Waals surface area contributed by atoms with Gasteiger partial charge >= 0.3 is 6.30 Å². The lowest BCUT2D eigenvalue weighted by Crippen LogP contribution is -2.27. The fourth-order valence-electron chi connectivity index (χ4n) is 3.84. The molecule has 5 rings (SSSR count). The molecular formula is C20H19F3N6O. The number of aryl methyl sites for hydroxylation is 2. The fraction of sp³-hybridized carbons (Fsp3) is 0.400. The van der Waals surface area contributed by atoms with Gasteiger partial charge in [-0.25, -0.2) is 0 Å². The van der Waals surface area contributed by atoms with Crippen LogP contribution in [0.4, 0.5) is 13.2 Å². The van der Waals surface area contributed by atoms with Gasteiger partial charge in [-0.15, -0.1) is 13.2 Å². The molecule has 0 spiro atoms. The van der Waals surface area contributed by atoms with E-state index in [0.717, 1.165) is 41.7 Å². The molecule has 10 heteroatoms. The number of pyridine rings is 1. The number of nitrogens with one attached hydrogen (secondary N) is 1. The van der Waals surface area contributed by atoms with Crippen LogP contribution in [0.1, 0.15) is 58.7 Å². The molecule has 1 saturated carbocycles. The van der Waals surface area contributed by atoms with Gasteiger partial charge in [-0.05, 0) is 44.4 Å². The smallest absolute Gasteiger partial charge is 0.343 e. The van der Waals surface area contributed by atoms with Gasteiger partial charge in [0.15, 0.2) is 0 Å². The maximum atomic E-state index is 12.8. The van der Waals surface area contributed by atoms with Crippen molar-refractivity contribution >= 4 is 5.91 Å². The van der Waals surface area contributed by atoms with E-state index in [4.69, 9.17) is 0 Å². The topological polar surface area (TPSA) is 77.6 Å². The molecule has 3 aromatic rings. The molecule has 0 unspecified atom stereocenters. The second-order valence-electron chi connectivity index (χ2n) is 7.78. The van der Waals surface area contributed by atoms with Crippen LogP contribution >= 0.6 is 0 Å². The molecule has 0 radical (unpaired) electrons. The minimum Gasteiger partial charge on any atom is -0.343 e. The molecule has 0 bridgehead atoms. The summed E-state index contributed by atoms with van der Waals surface area (Å²) in [6.45, 7) is 2.01. The summed E-state index contributed by atoms with van der Waals surface area (Å²) in [6.07, 6.45) is 0.800. The Hall–Kier alpha value is -3.17. The van der Waals surface area contributed by atoms with E-state index < -0.39 is 12.2 Å². The Labute approximate surface area is 169 Å². The maximum absolute atomic E-state index is 12.8. The number of aromatic nitrogens is 5. The van der Waals surface area contributed by atoms with Crippen molar-refractivity contribution in [3.63, 3.8) is 0 Å². The number of nitrogens with zero attached hydrogens (tertiary/aromatic N) is 5. The molecule has 1 N–H and O–H groups in total. The maximum Gasteiger partial charge on any atom is 0.504 e. The zero-order valence-corrected chi connectivity index (χ0v) is 16.1. The minimum absolute atomic E-state index is 0.0291. The van der Waals surface area contributed by atoms with E-state index in [2.05, 4.69) is 26.6 Å². The number of fused-ring (bicyclic) bond motifs is 1. The second-order valence-corrected chi connectivity index (χ2v) is 7.78. The summed E-state index contributed by atoms with van der Waals surface area (Å²) in [5.74, 6) is -0.0450. The molecule has 0 saturated heterocycles. The van der Waals surface area contributed by atoms with E-state index in [1.165, 1.54) is 6.92 Å². The van der Waals surface area contributed by atoms with Gasteiger partial charge in [0.05, 0.1) is 28.7 Å². The van der Waals surface area contributed by atoms with Gasteiger partial charge in [0.1, 0.15) is 0 Å². The van der Waals surface area contributed by atoms with E-state index in [9.17, 15) is 18.0 Å². The average molecular weight is 416 g/mol. The molecule has 7 nitrogen and oxygen atoms in total. The zero-order chi connectivity index (χ0) is 21.0. The highest BCUT2D eigenvalue weighted by molar-refractivity contribution is 5.95. The number of hydrogen-bond acceptors (Lipinski definition) is 4. The monoisotopic (exact) mass is 416 g/mol. The molecule has 30 heavy (non-hydrogen) atoms. The van der Waals surface area contributed by atoms with Crippen molar-refractivity contribution in [3.05, 3.63) is 53.2 Å². The Bertz CT molecular complexity index is 1130. The first kappa shape index (κ1) is 18.8. The Balaban J connectivity index is 1.36. The van der Waals surface area contributed by atoms with Gasteiger partial charge in [-0.3, -0.25) is 14.5 Å². The van der Waals surface area contributed by atoms with E-state index in [0.29, 0.717) is 18.9 Å². The summed E-state index contributed by atoms with van der Waals surface area (Å²) in [7, 11) is 0. The number of carbonyl (C=O) groups excluding carboxylic acids is 1. The number of halogens is 3. The number of amides is 1. The second kappa shape index (κ2) is 6.68. The van der Waals surface area contributed by atoms with Crippen LogP contribution in [0.5, 0.6) is 0 Å². The summed E-state index contributed by atoms with van der Waals surface area (Å²) in [5, 5.41) is 10.9. The van der Waals surface area contributed by atoms with Crippen LogP contribution < -0.4 is 5.32 Å². The first-order valence-electron chi connectivity index (χ1n) is 9.78. The van der Waals surface area contributed by atoms with Crippen LogP contribution in [0.25, 0.3) is 11.3 Å². The first-order chi connectivity index (χ1) is 14.3. The van der Waals surface area contributed by atoms with Gasteiger partial charge in [-0.1, -0.05) is 0 Å². The van der Waals surface area contributed by atoms with E-state index in [1.54, 1.807) is 6.20 Å². The molecule has 3 aromatic heterocycles. The van der Waals surface area contributed by atoms with Crippen molar-refractivity contribution in [1.82, 2.24) is 29.9 Å². The highest BCUT2D eigenvalue weighted by atomic mass is 19.4. The van der Waals surface area contributed by atoms with Crippen molar-refractivity contribution in [2.45, 2.75) is 51.0 Å². The number of rotatable bonds is 4. The van der Waals surface area contributed by atoms with E-state index >= 15 is 0 Å². The van der Waals surface area contributed by atoms with Crippen LogP contribution in [0.2, 0.25) is 0 Å². The van der Waals surface area contributed by atoms with Crippen molar-refractivity contribution in [1.29, 1.82) is 0 Å². The molecule has 1 aliphatic heterocycles. The lowest BCUT2D eigenvalue weighted by Gasteiger charge is -2.11. The third-order valence-corrected chi connectivity index (χ3v) is 5.58. The molecule has 1 fully saturated rings. The summed E-state index contributed by atoms with van der Waals surface area (Å²) in [6, 6.07) is 5.57. The predicted molar refractivity (Wildman–Crippen MR) is 101 cm³/mol. The summed E-state index contributed by atoms with van der Waals surface area (Å²) in [4.78, 5) is 17.0. The number of alkyl halides is 3. The van der Waals surface area contributed by atoms with Crippen molar-refractivity contribution < 1.29 is 18.0 Å². The third-order valence-electron chi connectivity index (χ3n) is 5.58. The Morgan fingerprint density at radius 3 is 2.70 bits per heavy atom. The van der Waals surface area contributed by atoms with Crippen molar-refractivity contribution in [2.75, 3.05) is 0 Å². The Morgan fingerprint density at radius 2 is 2.00 bits per heavy atom. The third kappa shape index (κ3) is 3.35. The Morgan fingerprint density at radius 1 is 1.20 bits per heavy atom. The lowest BCUT2D eigenvalue weighted by molar-refractivity contribution is -0.212. The normalized spacial score (nSPS) is 18.5. The molecule has 0 aromatic carbocycles. The fourth-order valence-corrected chi connectivity index (χ4v) is 3.84. The molecule has 1 aliphatic carbocycles. The van der Waals surface area contributed by atoms with Crippen molar-refractivity contribution in [3.8, 4) is 11.3 Å². The molecule has 156 valence electrons. The number of carbonyl (C=O) groups is 1. The van der Waals surface area contributed by atoms with Gasteiger partial charge in [-0.2, -0.15) is 14.9 Å². The van der Waals surface area contributed by atoms with Crippen LogP contribution in [-0.4, -0.2) is 30.5 Å². The van der Waals surface area contributed by atoms with Gasteiger partial charge in [0.25, 0.3) is 5.91 Å². The van der Waals surface area contributed by atoms with Crippen LogP contribution in [0.3, 0.4) is 0 Å². The molecule has 1 atom stereocenters. The summed E-state index contributed by atoms with van der Waals surface area (Å²) in [5.41, 5.74) is 3.62. The lowest BCUT2D eigenvalue weighted by atomic mass is 10.1. The highest BCUT2D eigenvalue weighted by Crippen LogP contribution is 2.40. The SMILES string of the molecule is Cc1nn(C(F)(F)F)cc1C(=O)N[C@@H]1CCn2nc(-c3ccnc(C4CC4)c3)cc21. The largest absolute Gasteiger partial charge is 0.504 e. The number of hydrogen-bond donors (Lipinski definition) is 1. The van der Waals surface area contributed by atoms with Gasteiger partial charge < -0.3 is 5.32 Å². The molecule has 2 aliphatic rings. The van der Waals surface area contributed by atoms with Crippen molar-refractivity contribution in [2.24, 2.45) is 0 Å². The first-order valence-corrected chi connectivity index (χ1v) is 9.78. The average Bonchev–Trinajstić information content (AvgIpc) is 3.17. The van der Waals surface area contributed by atoms with Crippen LogP contribution in [0, 0.1) is 6.92 Å².